The average molecular weight is 271 g/mol. The molecule has 0 saturated heterocycles. The van der Waals surface area contributed by atoms with Crippen LogP contribution in [-0.4, -0.2) is 51.6 Å². The highest BCUT2D eigenvalue weighted by atomic mass is 32.8. The Balaban J connectivity index is 4.63. The molecule has 0 aromatic carbocycles. The third-order valence-electron chi connectivity index (χ3n) is 3.26. The fourth-order valence-electron chi connectivity index (χ4n) is 1.79. The highest BCUT2D eigenvalue weighted by Gasteiger charge is 2.37. The zero-order valence-corrected chi connectivity index (χ0v) is 12.6. The fraction of sp³-hybridized carbons (Fsp3) is 1.00. The number of rotatable bonds is 8. The normalized spacial score (nSPS) is 14.4. The second kappa shape index (κ2) is 7.02. The molecule has 16 heavy (non-hydrogen) atoms. The van der Waals surface area contributed by atoms with Gasteiger partial charge < -0.3 is 14.7 Å². The second-order valence-corrected chi connectivity index (χ2v) is 12.1. The van der Waals surface area contributed by atoms with Crippen LogP contribution in [0.3, 0.4) is 0 Å². The molecule has 6 heteroatoms. The lowest BCUT2D eigenvalue weighted by atomic mass is 10.5. The standard InChI is InChI=1S/C10H26NO3PS/c1-5-11(6-2)9-10-16(7-3,8-4)15(12,13)14/h5-10H2,1-4H3,(H2,12,13,14). The first-order valence-electron chi connectivity index (χ1n) is 5.91. The molecule has 0 aliphatic carbocycles. The van der Waals surface area contributed by atoms with E-state index in [1.54, 1.807) is 0 Å². The number of hydrogen-bond acceptors (Lipinski definition) is 2. The van der Waals surface area contributed by atoms with Gasteiger partial charge in [-0.25, -0.2) is 4.57 Å². The molecule has 0 amide bonds. The van der Waals surface area contributed by atoms with Gasteiger partial charge in [0.15, 0.2) is 0 Å². The molecule has 0 atom stereocenters. The van der Waals surface area contributed by atoms with Crippen LogP contribution in [-0.2, 0) is 4.57 Å². The van der Waals surface area contributed by atoms with E-state index in [0.717, 1.165) is 19.6 Å². The molecule has 0 saturated carbocycles. The van der Waals surface area contributed by atoms with Gasteiger partial charge in [0.2, 0.25) is 0 Å². The van der Waals surface area contributed by atoms with Gasteiger partial charge in [0, 0.05) is 12.3 Å². The molecule has 2 N–H and O–H groups in total. The Morgan fingerprint density at radius 2 is 1.50 bits per heavy atom. The van der Waals surface area contributed by atoms with E-state index < -0.39 is 16.4 Å². The molecule has 0 unspecified atom stereocenters. The summed E-state index contributed by atoms with van der Waals surface area (Å²) in [5.41, 5.74) is 0. The Morgan fingerprint density at radius 1 is 1.06 bits per heavy atom. The summed E-state index contributed by atoms with van der Waals surface area (Å²) >= 11 is 0. The molecule has 0 heterocycles. The highest BCUT2D eigenvalue weighted by molar-refractivity contribution is 8.76. The Hall–Kier alpha value is 0.460. The average Bonchev–Trinajstić information content (AvgIpc) is 2.23. The maximum Gasteiger partial charge on any atom is 0.366 e. The van der Waals surface area contributed by atoms with Gasteiger partial charge in [0.1, 0.15) is 0 Å². The van der Waals surface area contributed by atoms with Gasteiger partial charge in [-0.2, -0.15) is 0 Å². The number of nitrogens with zero attached hydrogens (tertiary/aromatic N) is 1. The van der Waals surface area contributed by atoms with Crippen LogP contribution in [0.25, 0.3) is 0 Å². The van der Waals surface area contributed by atoms with Crippen molar-refractivity contribution in [1.29, 1.82) is 0 Å². The van der Waals surface area contributed by atoms with E-state index in [-0.39, 0.29) is 0 Å². The maximum absolute atomic E-state index is 11.6. The molecule has 0 aromatic heterocycles. The van der Waals surface area contributed by atoms with E-state index in [1.807, 2.05) is 13.8 Å². The van der Waals surface area contributed by atoms with Crippen LogP contribution < -0.4 is 0 Å². The Kier molecular flexibility index (Phi) is 7.22. The Bertz CT molecular complexity index is 236. The molecule has 0 radical (unpaired) electrons. The van der Waals surface area contributed by atoms with Crippen LogP contribution in [0.1, 0.15) is 27.7 Å². The Morgan fingerprint density at radius 3 is 1.75 bits per heavy atom. The summed E-state index contributed by atoms with van der Waals surface area (Å²) in [4.78, 5) is 21.3. The van der Waals surface area contributed by atoms with Gasteiger partial charge in [-0.15, -0.1) is 9.65 Å². The third kappa shape index (κ3) is 4.04. The second-order valence-electron chi connectivity index (χ2n) is 3.80. The van der Waals surface area contributed by atoms with Gasteiger partial charge in [-0.05, 0) is 24.6 Å². The summed E-state index contributed by atoms with van der Waals surface area (Å²) in [6.45, 7) is 6.73. The van der Waals surface area contributed by atoms with E-state index in [1.165, 1.54) is 0 Å². The van der Waals surface area contributed by atoms with E-state index in [0.29, 0.717) is 17.3 Å². The predicted octanol–water partition coefficient (Wildman–Crippen LogP) is 2.27. The lowest BCUT2D eigenvalue weighted by Gasteiger charge is -2.39. The van der Waals surface area contributed by atoms with E-state index in [4.69, 9.17) is 0 Å². The van der Waals surface area contributed by atoms with Gasteiger partial charge in [0.25, 0.3) is 0 Å². The first-order valence-corrected chi connectivity index (χ1v) is 10.3. The molecule has 0 aromatic rings. The molecule has 0 bridgehead atoms. The monoisotopic (exact) mass is 271 g/mol. The predicted molar refractivity (Wildman–Crippen MR) is 73.4 cm³/mol. The molecule has 100 valence electrons. The van der Waals surface area contributed by atoms with Crippen molar-refractivity contribution < 1.29 is 14.4 Å². The third-order valence-corrected chi connectivity index (χ3v) is 12.5. The largest absolute Gasteiger partial charge is 0.366 e. The van der Waals surface area contributed by atoms with Crippen LogP contribution in [0.15, 0.2) is 0 Å². The smallest absolute Gasteiger partial charge is 0.318 e. The maximum atomic E-state index is 11.6. The van der Waals surface area contributed by atoms with Crippen molar-refractivity contribution in [2.45, 2.75) is 27.7 Å². The summed E-state index contributed by atoms with van der Waals surface area (Å²) in [6, 6.07) is 0. The highest BCUT2D eigenvalue weighted by Crippen LogP contribution is 2.76. The summed E-state index contributed by atoms with van der Waals surface area (Å²) in [7, 11) is -1.78. The van der Waals surface area contributed by atoms with Crippen LogP contribution in [0.5, 0.6) is 0 Å². The van der Waals surface area contributed by atoms with Gasteiger partial charge in [-0.3, -0.25) is 0 Å². The molecule has 0 aliphatic heterocycles. The molecular formula is C10H26NO3PS. The molecule has 0 fully saturated rings. The van der Waals surface area contributed by atoms with Crippen molar-refractivity contribution in [2.75, 3.05) is 36.9 Å². The molecule has 4 nitrogen and oxygen atoms in total. The quantitative estimate of drug-likeness (QED) is 0.665. The van der Waals surface area contributed by atoms with E-state index >= 15 is 0 Å². The summed E-state index contributed by atoms with van der Waals surface area (Å²) in [5.74, 6) is 1.90. The van der Waals surface area contributed by atoms with Crippen LogP contribution in [0.4, 0.5) is 0 Å². The molecule has 0 aliphatic rings. The van der Waals surface area contributed by atoms with Crippen molar-refractivity contribution in [2.24, 2.45) is 0 Å². The summed E-state index contributed by atoms with van der Waals surface area (Å²) in [5, 5.41) is 0. The van der Waals surface area contributed by atoms with Gasteiger partial charge >= 0.3 is 6.80 Å². The van der Waals surface area contributed by atoms with Crippen LogP contribution in [0, 0.1) is 0 Å². The summed E-state index contributed by atoms with van der Waals surface area (Å²) in [6.07, 6.45) is 0. The zero-order valence-electron chi connectivity index (χ0n) is 10.8. The minimum atomic E-state index is -3.93. The first kappa shape index (κ1) is 16.5. The van der Waals surface area contributed by atoms with Gasteiger partial charge in [0.05, 0.1) is 0 Å². The fourth-order valence-corrected chi connectivity index (χ4v) is 7.26. The first-order chi connectivity index (χ1) is 7.36. The molecular weight excluding hydrogens is 245 g/mol. The SMILES string of the molecule is CCN(CC)CCS(CC)(CC)P(=O)(O)O. The summed E-state index contributed by atoms with van der Waals surface area (Å²) < 4.78 is 11.6. The Labute approximate surface area is 101 Å². The minimum Gasteiger partial charge on any atom is -0.318 e. The van der Waals surface area contributed by atoms with Crippen molar-refractivity contribution in [3.63, 3.8) is 0 Å². The molecule has 0 rings (SSSR count). The minimum absolute atomic E-state index is 0.620. The van der Waals surface area contributed by atoms with Crippen molar-refractivity contribution in [3.05, 3.63) is 0 Å². The topological polar surface area (TPSA) is 60.8 Å². The van der Waals surface area contributed by atoms with Crippen LogP contribution in [0.2, 0.25) is 0 Å². The van der Waals surface area contributed by atoms with E-state index in [2.05, 4.69) is 18.7 Å². The van der Waals surface area contributed by atoms with Crippen molar-refractivity contribution in [1.82, 2.24) is 4.90 Å². The lowest BCUT2D eigenvalue weighted by Crippen LogP contribution is -2.29. The zero-order chi connectivity index (χ0) is 12.8. The molecule has 0 spiro atoms. The lowest BCUT2D eigenvalue weighted by molar-refractivity contribution is 0.323. The van der Waals surface area contributed by atoms with Gasteiger partial charge in [-0.1, -0.05) is 27.7 Å². The van der Waals surface area contributed by atoms with E-state index in [9.17, 15) is 14.4 Å². The number of hydrogen-bond donors (Lipinski definition) is 2. The van der Waals surface area contributed by atoms with Crippen LogP contribution >= 0.6 is 16.4 Å². The van der Waals surface area contributed by atoms with Crippen molar-refractivity contribution >= 4 is 16.4 Å². The van der Waals surface area contributed by atoms with Crippen molar-refractivity contribution in [3.8, 4) is 0 Å².